The van der Waals surface area contributed by atoms with Crippen molar-refractivity contribution in [2.45, 2.75) is 33.1 Å². The second kappa shape index (κ2) is 12.5. The molecule has 1 aliphatic heterocycles. The first kappa shape index (κ1) is 25.7. The number of carbonyl (C=O) groups is 3. The summed E-state index contributed by atoms with van der Waals surface area (Å²) in [5.74, 6) is -1.28. The summed E-state index contributed by atoms with van der Waals surface area (Å²) in [6.45, 7) is 8.79. The molecular formula is C23H31FN6O3S. The van der Waals surface area contributed by atoms with Crippen molar-refractivity contribution in [2.24, 2.45) is 5.92 Å². The van der Waals surface area contributed by atoms with Gasteiger partial charge in [-0.3, -0.25) is 14.4 Å². The zero-order valence-corrected chi connectivity index (χ0v) is 20.4. The Kier molecular flexibility index (Phi) is 9.46. The smallest absolute Gasteiger partial charge is 0.286 e. The monoisotopic (exact) mass is 490 g/mol. The molecule has 34 heavy (non-hydrogen) atoms. The summed E-state index contributed by atoms with van der Waals surface area (Å²) in [4.78, 5) is 41.6. The van der Waals surface area contributed by atoms with Crippen molar-refractivity contribution in [3.05, 3.63) is 40.1 Å². The number of hydrogen-bond acceptors (Lipinski definition) is 7. The number of carbonyl (C=O) groups excluding carboxylic acids is 3. The van der Waals surface area contributed by atoms with Crippen LogP contribution in [0.1, 0.15) is 52.7 Å². The molecule has 0 saturated carbocycles. The standard InChI is InChI=1S/C23H31FN6O3S/c1-3-29(4-2)13-5-12-25-19(31)16-10-14-30(15-11-16)23(33)22-28-27-21(34-22)20(32)26-18-8-6-17(24)7-9-18/h6-9,16H,3-5,10-15H2,1-2H3,(H,25,31)(H,26,32). The molecule has 0 bridgehead atoms. The van der Waals surface area contributed by atoms with Gasteiger partial charge in [0, 0.05) is 31.2 Å². The summed E-state index contributed by atoms with van der Waals surface area (Å²) in [5, 5.41) is 13.5. The highest BCUT2D eigenvalue weighted by atomic mass is 32.1. The van der Waals surface area contributed by atoms with E-state index in [-0.39, 0.29) is 27.7 Å². The van der Waals surface area contributed by atoms with Crippen molar-refractivity contribution in [1.29, 1.82) is 0 Å². The number of rotatable bonds is 10. The molecule has 1 aromatic heterocycles. The third kappa shape index (κ3) is 7.04. The Morgan fingerprint density at radius 2 is 1.74 bits per heavy atom. The van der Waals surface area contributed by atoms with Gasteiger partial charge >= 0.3 is 0 Å². The Bertz CT molecular complexity index is 971. The largest absolute Gasteiger partial charge is 0.356 e. The quantitative estimate of drug-likeness (QED) is 0.496. The summed E-state index contributed by atoms with van der Waals surface area (Å²) in [7, 11) is 0. The summed E-state index contributed by atoms with van der Waals surface area (Å²) < 4.78 is 13.0. The van der Waals surface area contributed by atoms with E-state index in [1.54, 1.807) is 4.90 Å². The van der Waals surface area contributed by atoms with Crippen molar-refractivity contribution in [3.8, 4) is 0 Å². The lowest BCUT2D eigenvalue weighted by Crippen LogP contribution is -2.43. The maximum Gasteiger partial charge on any atom is 0.286 e. The van der Waals surface area contributed by atoms with Gasteiger partial charge in [-0.25, -0.2) is 4.39 Å². The van der Waals surface area contributed by atoms with Crippen LogP contribution < -0.4 is 10.6 Å². The third-order valence-electron chi connectivity index (χ3n) is 5.90. The SMILES string of the molecule is CCN(CC)CCCNC(=O)C1CCN(C(=O)c2nnc(C(=O)Nc3ccc(F)cc3)s2)CC1. The molecule has 0 aliphatic carbocycles. The summed E-state index contributed by atoms with van der Waals surface area (Å²) in [6.07, 6.45) is 2.09. The number of anilines is 1. The number of amides is 3. The van der Waals surface area contributed by atoms with Crippen molar-refractivity contribution in [1.82, 2.24) is 25.3 Å². The van der Waals surface area contributed by atoms with Crippen LogP contribution in [-0.4, -0.2) is 77.0 Å². The Morgan fingerprint density at radius 1 is 1.09 bits per heavy atom. The molecule has 2 heterocycles. The van der Waals surface area contributed by atoms with Crippen molar-refractivity contribution in [2.75, 3.05) is 44.6 Å². The zero-order chi connectivity index (χ0) is 24.5. The van der Waals surface area contributed by atoms with Crippen LogP contribution >= 0.6 is 11.3 Å². The lowest BCUT2D eigenvalue weighted by Gasteiger charge is -2.30. The van der Waals surface area contributed by atoms with E-state index in [0.717, 1.165) is 37.4 Å². The summed E-state index contributed by atoms with van der Waals surface area (Å²) >= 11 is 0.909. The molecule has 2 aromatic rings. The molecule has 1 aromatic carbocycles. The second-order valence-corrected chi connectivity index (χ2v) is 9.09. The van der Waals surface area contributed by atoms with Crippen LogP contribution in [0, 0.1) is 11.7 Å². The minimum atomic E-state index is -0.514. The highest BCUT2D eigenvalue weighted by Crippen LogP contribution is 2.21. The maximum atomic E-state index is 13.0. The molecule has 0 spiro atoms. The van der Waals surface area contributed by atoms with Crippen molar-refractivity contribution in [3.63, 3.8) is 0 Å². The Labute approximate surface area is 202 Å². The topological polar surface area (TPSA) is 108 Å². The number of halogens is 1. The first-order chi connectivity index (χ1) is 16.4. The van der Waals surface area contributed by atoms with Gasteiger partial charge in [0.1, 0.15) is 5.82 Å². The van der Waals surface area contributed by atoms with Crippen molar-refractivity contribution < 1.29 is 18.8 Å². The van der Waals surface area contributed by atoms with Crippen molar-refractivity contribution >= 4 is 34.7 Å². The van der Waals surface area contributed by atoms with Gasteiger partial charge in [-0.2, -0.15) is 0 Å². The second-order valence-electron chi connectivity index (χ2n) is 8.11. The minimum absolute atomic E-state index is 0.0438. The Morgan fingerprint density at radius 3 is 2.38 bits per heavy atom. The first-order valence-corrected chi connectivity index (χ1v) is 12.4. The predicted molar refractivity (Wildman–Crippen MR) is 128 cm³/mol. The highest BCUT2D eigenvalue weighted by molar-refractivity contribution is 7.15. The first-order valence-electron chi connectivity index (χ1n) is 11.6. The molecule has 3 amide bonds. The minimum Gasteiger partial charge on any atom is -0.356 e. The van der Waals surface area contributed by atoms with Gasteiger partial charge in [0.25, 0.3) is 11.8 Å². The highest BCUT2D eigenvalue weighted by Gasteiger charge is 2.29. The van der Waals surface area contributed by atoms with Gasteiger partial charge in [0.05, 0.1) is 0 Å². The van der Waals surface area contributed by atoms with Gasteiger partial charge in [-0.05, 0) is 63.2 Å². The fraction of sp³-hybridized carbons (Fsp3) is 0.522. The molecule has 0 atom stereocenters. The molecular weight excluding hydrogens is 459 g/mol. The lowest BCUT2D eigenvalue weighted by molar-refractivity contribution is -0.126. The molecule has 1 aliphatic rings. The zero-order valence-electron chi connectivity index (χ0n) is 19.6. The Hall–Kier alpha value is -2.92. The number of hydrogen-bond donors (Lipinski definition) is 2. The average Bonchev–Trinajstić information content (AvgIpc) is 3.36. The van der Waals surface area contributed by atoms with Crippen LogP contribution in [-0.2, 0) is 4.79 Å². The number of aromatic nitrogens is 2. The fourth-order valence-electron chi connectivity index (χ4n) is 3.80. The van der Waals surface area contributed by atoms with E-state index in [1.165, 1.54) is 24.3 Å². The van der Waals surface area contributed by atoms with Gasteiger partial charge in [0.2, 0.25) is 15.9 Å². The number of likely N-dealkylation sites (tertiary alicyclic amines) is 1. The number of benzene rings is 1. The molecule has 9 nitrogen and oxygen atoms in total. The number of piperidine rings is 1. The van der Waals surface area contributed by atoms with Crippen LogP contribution in [0.4, 0.5) is 10.1 Å². The molecule has 2 N–H and O–H groups in total. The normalized spacial score (nSPS) is 14.3. The van der Waals surface area contributed by atoms with Crippen LogP contribution in [0.25, 0.3) is 0 Å². The van der Waals surface area contributed by atoms with E-state index in [4.69, 9.17) is 0 Å². The van der Waals surface area contributed by atoms with E-state index in [2.05, 4.69) is 39.6 Å². The van der Waals surface area contributed by atoms with Crippen LogP contribution in [0.2, 0.25) is 0 Å². The molecule has 1 fully saturated rings. The predicted octanol–water partition coefficient (Wildman–Crippen LogP) is 2.63. The van der Waals surface area contributed by atoms with E-state index < -0.39 is 11.7 Å². The van der Waals surface area contributed by atoms with E-state index in [1.807, 2.05) is 0 Å². The van der Waals surface area contributed by atoms with E-state index in [0.29, 0.717) is 38.2 Å². The number of nitrogens with zero attached hydrogens (tertiary/aromatic N) is 4. The number of nitrogens with one attached hydrogen (secondary N) is 2. The molecule has 1 saturated heterocycles. The Balaban J connectivity index is 1.43. The van der Waals surface area contributed by atoms with Gasteiger partial charge in [-0.15, -0.1) is 10.2 Å². The van der Waals surface area contributed by atoms with E-state index in [9.17, 15) is 18.8 Å². The third-order valence-corrected chi connectivity index (χ3v) is 6.81. The van der Waals surface area contributed by atoms with Crippen LogP contribution in [0.3, 0.4) is 0 Å². The van der Waals surface area contributed by atoms with Crippen LogP contribution in [0.15, 0.2) is 24.3 Å². The molecule has 3 rings (SSSR count). The van der Waals surface area contributed by atoms with Crippen LogP contribution in [0.5, 0.6) is 0 Å². The molecule has 0 radical (unpaired) electrons. The van der Waals surface area contributed by atoms with Gasteiger partial charge < -0.3 is 20.4 Å². The lowest BCUT2D eigenvalue weighted by atomic mass is 9.96. The molecule has 11 heteroatoms. The van der Waals surface area contributed by atoms with Gasteiger partial charge in [0.15, 0.2) is 0 Å². The molecule has 0 unspecified atom stereocenters. The maximum absolute atomic E-state index is 13.0. The fourth-order valence-corrected chi connectivity index (χ4v) is 4.50. The van der Waals surface area contributed by atoms with E-state index >= 15 is 0 Å². The summed E-state index contributed by atoms with van der Waals surface area (Å²) in [6, 6.07) is 5.35. The average molecular weight is 491 g/mol. The van der Waals surface area contributed by atoms with Gasteiger partial charge in [-0.1, -0.05) is 25.2 Å². The summed E-state index contributed by atoms with van der Waals surface area (Å²) in [5.41, 5.74) is 0.419. The molecule has 184 valence electrons.